The highest BCUT2D eigenvalue weighted by Gasteiger charge is 2.19. The highest BCUT2D eigenvalue weighted by atomic mass is 79.9. The zero-order valence-electron chi connectivity index (χ0n) is 15.3. The minimum Gasteiger partial charge on any atom is -0.356 e. The van der Waals surface area contributed by atoms with E-state index in [0.717, 1.165) is 51.1 Å². The number of pyridine rings is 1. The van der Waals surface area contributed by atoms with Crippen molar-refractivity contribution in [1.29, 1.82) is 0 Å². The summed E-state index contributed by atoms with van der Waals surface area (Å²) in [6, 6.07) is 12.4. The number of hydrogen-bond donors (Lipinski definition) is 0. The van der Waals surface area contributed by atoms with Gasteiger partial charge in [0, 0.05) is 40.9 Å². The highest BCUT2D eigenvalue weighted by molar-refractivity contribution is 9.10. The second kappa shape index (κ2) is 8.55. The Labute approximate surface area is 181 Å². The van der Waals surface area contributed by atoms with Crippen molar-refractivity contribution in [2.75, 3.05) is 18.0 Å². The van der Waals surface area contributed by atoms with Crippen molar-refractivity contribution in [3.8, 4) is 11.1 Å². The van der Waals surface area contributed by atoms with Crippen LogP contribution in [0.25, 0.3) is 21.3 Å². The molecular formula is C21H18BrClN4S. The number of likely N-dealkylation sites (N-methyl/N-ethyl adjacent to an activating group) is 1. The first-order valence-corrected chi connectivity index (χ1v) is 11.1. The van der Waals surface area contributed by atoms with Gasteiger partial charge < -0.3 is 4.90 Å². The van der Waals surface area contributed by atoms with Crippen molar-refractivity contribution >= 4 is 54.9 Å². The number of anilines is 1. The van der Waals surface area contributed by atoms with Crippen molar-refractivity contribution in [3.05, 3.63) is 69.5 Å². The summed E-state index contributed by atoms with van der Waals surface area (Å²) in [4.78, 5) is 16.4. The summed E-state index contributed by atoms with van der Waals surface area (Å²) in [5, 5.41) is 3.49. The first-order chi connectivity index (χ1) is 13.7. The molecule has 0 unspecified atom stereocenters. The van der Waals surface area contributed by atoms with Gasteiger partial charge in [-0.05, 0) is 60.3 Å². The lowest BCUT2D eigenvalue weighted by Crippen LogP contribution is -2.26. The SMILES string of the molecule is CCN(CCc1ccncc1)c1nc(Cl)nc2scc(-c3ccc(Br)cc3)c12. The topological polar surface area (TPSA) is 41.9 Å². The Morgan fingerprint density at radius 2 is 1.82 bits per heavy atom. The van der Waals surface area contributed by atoms with Crippen LogP contribution in [0.4, 0.5) is 5.82 Å². The first kappa shape index (κ1) is 19.3. The van der Waals surface area contributed by atoms with Gasteiger partial charge in [-0.15, -0.1) is 11.3 Å². The average molecular weight is 474 g/mol. The van der Waals surface area contributed by atoms with Crippen LogP contribution in [0.15, 0.2) is 58.6 Å². The molecule has 0 fully saturated rings. The van der Waals surface area contributed by atoms with E-state index in [4.69, 9.17) is 11.6 Å². The summed E-state index contributed by atoms with van der Waals surface area (Å²) in [7, 11) is 0. The third-order valence-electron chi connectivity index (χ3n) is 4.64. The molecule has 0 bridgehead atoms. The molecule has 0 amide bonds. The Morgan fingerprint density at radius 3 is 2.54 bits per heavy atom. The van der Waals surface area contributed by atoms with Gasteiger partial charge in [-0.3, -0.25) is 4.98 Å². The van der Waals surface area contributed by atoms with Crippen LogP contribution in [0, 0.1) is 0 Å². The molecule has 0 spiro atoms. The molecular weight excluding hydrogens is 456 g/mol. The molecule has 142 valence electrons. The van der Waals surface area contributed by atoms with Crippen molar-refractivity contribution in [2.24, 2.45) is 0 Å². The summed E-state index contributed by atoms with van der Waals surface area (Å²) in [6.07, 6.45) is 4.57. The van der Waals surface area contributed by atoms with Gasteiger partial charge in [-0.1, -0.05) is 28.1 Å². The second-order valence-corrected chi connectivity index (χ2v) is 8.45. The van der Waals surface area contributed by atoms with Crippen molar-refractivity contribution in [3.63, 3.8) is 0 Å². The minimum absolute atomic E-state index is 0.286. The fourth-order valence-corrected chi connectivity index (χ4v) is 4.62. The summed E-state index contributed by atoms with van der Waals surface area (Å²) < 4.78 is 1.06. The van der Waals surface area contributed by atoms with E-state index in [1.807, 2.05) is 24.5 Å². The molecule has 0 aliphatic carbocycles. The number of thiophene rings is 1. The molecule has 0 atom stereocenters. The number of fused-ring (bicyclic) bond motifs is 1. The summed E-state index contributed by atoms with van der Waals surface area (Å²) in [6.45, 7) is 3.82. The Morgan fingerprint density at radius 1 is 1.07 bits per heavy atom. The van der Waals surface area contributed by atoms with Crippen molar-refractivity contribution in [1.82, 2.24) is 15.0 Å². The fourth-order valence-electron chi connectivity index (χ4n) is 3.20. The lowest BCUT2D eigenvalue weighted by molar-refractivity contribution is 0.796. The van der Waals surface area contributed by atoms with E-state index in [1.165, 1.54) is 5.56 Å². The van der Waals surface area contributed by atoms with E-state index in [-0.39, 0.29) is 5.28 Å². The normalized spacial score (nSPS) is 11.1. The largest absolute Gasteiger partial charge is 0.356 e. The zero-order chi connectivity index (χ0) is 19.5. The Hall–Kier alpha value is -2.02. The predicted octanol–water partition coefficient (Wildman–Crippen LogP) is 6.24. The molecule has 0 aliphatic rings. The molecule has 0 radical (unpaired) electrons. The lowest BCUT2D eigenvalue weighted by atomic mass is 10.1. The van der Waals surface area contributed by atoms with Crippen LogP contribution in [-0.2, 0) is 6.42 Å². The number of halogens is 2. The summed E-state index contributed by atoms with van der Waals surface area (Å²) >= 11 is 11.4. The monoisotopic (exact) mass is 472 g/mol. The number of nitrogens with zero attached hydrogens (tertiary/aromatic N) is 4. The molecule has 7 heteroatoms. The molecule has 4 rings (SSSR count). The summed E-state index contributed by atoms with van der Waals surface area (Å²) in [5.74, 6) is 0.894. The van der Waals surface area contributed by atoms with E-state index < -0.39 is 0 Å². The first-order valence-electron chi connectivity index (χ1n) is 9.00. The molecule has 0 saturated heterocycles. The molecule has 4 nitrogen and oxygen atoms in total. The number of rotatable bonds is 6. The standard InChI is InChI=1S/C21H18BrClN4S/c1-2-27(12-9-14-7-10-24-11-8-14)19-18-17(15-3-5-16(22)6-4-15)13-28-20(18)26-21(23)25-19/h3-8,10-11,13H,2,9,12H2,1H3. The van der Waals surface area contributed by atoms with Crippen molar-refractivity contribution in [2.45, 2.75) is 13.3 Å². The van der Waals surface area contributed by atoms with E-state index in [2.05, 4.69) is 72.4 Å². The van der Waals surface area contributed by atoms with Gasteiger partial charge in [0.05, 0.1) is 5.39 Å². The molecule has 3 heterocycles. The van der Waals surface area contributed by atoms with Crippen LogP contribution in [0.5, 0.6) is 0 Å². The molecule has 4 aromatic rings. The summed E-state index contributed by atoms with van der Waals surface area (Å²) in [5.41, 5.74) is 3.54. The Balaban J connectivity index is 1.75. The maximum absolute atomic E-state index is 6.26. The quantitative estimate of drug-likeness (QED) is 0.311. The third-order valence-corrected chi connectivity index (χ3v) is 6.21. The molecule has 0 aliphatic heterocycles. The molecule has 1 aromatic carbocycles. The van der Waals surface area contributed by atoms with Crippen LogP contribution in [0.3, 0.4) is 0 Å². The van der Waals surface area contributed by atoms with Crippen LogP contribution in [-0.4, -0.2) is 28.0 Å². The van der Waals surface area contributed by atoms with Gasteiger partial charge in [-0.25, -0.2) is 4.98 Å². The minimum atomic E-state index is 0.286. The lowest BCUT2D eigenvalue weighted by Gasteiger charge is -2.23. The Bertz CT molecular complexity index is 1080. The van der Waals surface area contributed by atoms with Gasteiger partial charge >= 0.3 is 0 Å². The highest BCUT2D eigenvalue weighted by Crippen LogP contribution is 2.39. The molecule has 0 N–H and O–H groups in total. The van der Waals surface area contributed by atoms with Crippen molar-refractivity contribution < 1.29 is 0 Å². The number of hydrogen-bond acceptors (Lipinski definition) is 5. The van der Waals surface area contributed by atoms with E-state index in [0.29, 0.717) is 0 Å². The van der Waals surface area contributed by atoms with Gasteiger partial charge in [0.15, 0.2) is 0 Å². The van der Waals surface area contributed by atoms with E-state index >= 15 is 0 Å². The van der Waals surface area contributed by atoms with Crippen LogP contribution >= 0.6 is 38.9 Å². The zero-order valence-corrected chi connectivity index (χ0v) is 18.4. The van der Waals surface area contributed by atoms with Crippen LogP contribution in [0.2, 0.25) is 5.28 Å². The maximum Gasteiger partial charge on any atom is 0.225 e. The molecule has 3 aromatic heterocycles. The number of benzene rings is 1. The number of aromatic nitrogens is 3. The van der Waals surface area contributed by atoms with Gasteiger partial charge in [0.2, 0.25) is 5.28 Å². The molecule has 28 heavy (non-hydrogen) atoms. The predicted molar refractivity (Wildman–Crippen MR) is 121 cm³/mol. The molecule has 0 saturated carbocycles. The van der Waals surface area contributed by atoms with E-state index in [9.17, 15) is 0 Å². The van der Waals surface area contributed by atoms with Crippen LogP contribution in [0.1, 0.15) is 12.5 Å². The van der Waals surface area contributed by atoms with Gasteiger partial charge in [-0.2, -0.15) is 4.98 Å². The fraction of sp³-hybridized carbons (Fsp3) is 0.190. The van der Waals surface area contributed by atoms with E-state index in [1.54, 1.807) is 11.3 Å². The maximum atomic E-state index is 6.26. The van der Waals surface area contributed by atoms with Gasteiger partial charge in [0.25, 0.3) is 0 Å². The van der Waals surface area contributed by atoms with Crippen LogP contribution < -0.4 is 4.90 Å². The Kier molecular flexibility index (Phi) is 5.90. The average Bonchev–Trinajstić information content (AvgIpc) is 3.13. The second-order valence-electron chi connectivity index (χ2n) is 6.34. The smallest absolute Gasteiger partial charge is 0.225 e. The third kappa shape index (κ3) is 4.04. The van der Waals surface area contributed by atoms with Gasteiger partial charge in [0.1, 0.15) is 10.6 Å².